The summed E-state index contributed by atoms with van der Waals surface area (Å²) >= 11 is 0. The van der Waals surface area contributed by atoms with E-state index < -0.39 is 0 Å². The topological polar surface area (TPSA) is 62.1 Å². The molecule has 3 aliphatic carbocycles. The Morgan fingerprint density at radius 3 is 2.74 bits per heavy atom. The summed E-state index contributed by atoms with van der Waals surface area (Å²) in [6, 6.07) is 0.221. The maximum absolute atomic E-state index is 12.9. The van der Waals surface area contributed by atoms with E-state index >= 15 is 0 Å². The lowest BCUT2D eigenvalue weighted by Gasteiger charge is -2.42. The van der Waals surface area contributed by atoms with Gasteiger partial charge in [0.05, 0.1) is 5.57 Å². The van der Waals surface area contributed by atoms with Crippen LogP contribution in [0.2, 0.25) is 0 Å². The van der Waals surface area contributed by atoms with Gasteiger partial charge in [-0.15, -0.1) is 0 Å². The Morgan fingerprint density at radius 1 is 1.35 bits per heavy atom. The lowest BCUT2D eigenvalue weighted by molar-refractivity contribution is -0.242. The van der Waals surface area contributed by atoms with Gasteiger partial charge in [-0.25, -0.2) is 4.99 Å². The number of fused-ring (bicyclic) bond motifs is 3. The highest BCUT2D eigenvalue weighted by Crippen LogP contribution is 2.67. The minimum atomic E-state index is 0.0320. The van der Waals surface area contributed by atoms with E-state index in [1.54, 1.807) is 12.2 Å². The Hall–Kier alpha value is -1.88. The summed E-state index contributed by atoms with van der Waals surface area (Å²) in [6.45, 7) is 7.02. The Balaban J connectivity index is 1.73. The highest BCUT2D eigenvalue weighted by Gasteiger charge is 2.63. The summed E-state index contributed by atoms with van der Waals surface area (Å²) in [5, 5.41) is 12.2. The molecule has 0 saturated heterocycles. The van der Waals surface area contributed by atoms with Crippen molar-refractivity contribution in [2.24, 2.45) is 21.9 Å². The fraction of sp³-hybridized carbons (Fsp3) is 0.556. The van der Waals surface area contributed by atoms with E-state index in [4.69, 9.17) is 5.26 Å². The number of carbonyl (C=O) groups excluding carboxylic acids is 1. The van der Waals surface area contributed by atoms with Crippen LogP contribution >= 0.6 is 0 Å². The molecule has 5 nitrogen and oxygen atoms in total. The Labute approximate surface area is 135 Å². The molecule has 0 radical (unpaired) electrons. The van der Waals surface area contributed by atoms with E-state index in [2.05, 4.69) is 30.9 Å². The summed E-state index contributed by atoms with van der Waals surface area (Å²) in [4.78, 5) is 18.8. The molecule has 4 rings (SSSR count). The normalized spacial score (nSPS) is 38.9. The quantitative estimate of drug-likeness (QED) is 0.628. The highest BCUT2D eigenvalue weighted by molar-refractivity contribution is 6.22. The van der Waals surface area contributed by atoms with Crippen LogP contribution in [-0.4, -0.2) is 27.8 Å². The first-order chi connectivity index (χ1) is 10.9. The fourth-order valence-electron chi connectivity index (χ4n) is 5.15. The maximum atomic E-state index is 12.9. The average Bonchev–Trinajstić information content (AvgIpc) is 3.03. The number of amides is 1. The SMILES string of the molecule is CC1(C)[C@@H]2CC[C@]1(C)[C@@H](N1C=C3C(=CC=C/C3=N\OO)C1=O)C2. The summed E-state index contributed by atoms with van der Waals surface area (Å²) in [6.07, 6.45) is 10.7. The minimum absolute atomic E-state index is 0.0320. The van der Waals surface area contributed by atoms with Gasteiger partial charge in [0.1, 0.15) is 5.71 Å². The van der Waals surface area contributed by atoms with Crippen LogP contribution in [0.5, 0.6) is 0 Å². The average molecular weight is 314 g/mol. The van der Waals surface area contributed by atoms with Gasteiger partial charge in [0.25, 0.3) is 5.91 Å². The van der Waals surface area contributed by atoms with E-state index in [1.165, 1.54) is 12.8 Å². The Morgan fingerprint density at radius 2 is 2.13 bits per heavy atom. The molecule has 0 spiro atoms. The predicted octanol–water partition coefficient (Wildman–Crippen LogP) is 3.27. The second kappa shape index (κ2) is 4.57. The highest BCUT2D eigenvalue weighted by atomic mass is 17.2. The van der Waals surface area contributed by atoms with Crippen LogP contribution in [0.4, 0.5) is 0 Å². The third-order valence-corrected chi connectivity index (χ3v) is 7.04. The molecule has 1 aliphatic heterocycles. The third-order valence-electron chi connectivity index (χ3n) is 7.04. The van der Waals surface area contributed by atoms with Gasteiger partial charge in [0.2, 0.25) is 0 Å². The van der Waals surface area contributed by atoms with Crippen LogP contribution in [0.15, 0.2) is 40.7 Å². The first-order valence-electron chi connectivity index (χ1n) is 8.22. The summed E-state index contributed by atoms with van der Waals surface area (Å²) < 4.78 is 0. The zero-order valence-corrected chi connectivity index (χ0v) is 13.7. The van der Waals surface area contributed by atoms with E-state index in [0.29, 0.717) is 17.2 Å². The molecular weight excluding hydrogens is 292 g/mol. The number of hydrogen-bond acceptors (Lipinski definition) is 4. The van der Waals surface area contributed by atoms with E-state index in [9.17, 15) is 4.79 Å². The molecule has 2 saturated carbocycles. The molecule has 1 N–H and O–H groups in total. The zero-order chi connectivity index (χ0) is 16.4. The van der Waals surface area contributed by atoms with Crippen LogP contribution in [0, 0.1) is 16.7 Å². The molecule has 122 valence electrons. The van der Waals surface area contributed by atoms with E-state index in [1.807, 2.05) is 17.2 Å². The van der Waals surface area contributed by atoms with Crippen molar-refractivity contribution in [2.75, 3.05) is 0 Å². The minimum Gasteiger partial charge on any atom is -0.311 e. The Kier molecular flexibility index (Phi) is 2.92. The van der Waals surface area contributed by atoms with Crippen molar-refractivity contribution < 1.29 is 15.0 Å². The molecule has 0 aromatic rings. The number of oxime groups is 1. The van der Waals surface area contributed by atoms with Crippen LogP contribution < -0.4 is 0 Å². The number of carbonyl (C=O) groups is 1. The summed E-state index contributed by atoms with van der Waals surface area (Å²) in [7, 11) is 0. The molecule has 1 amide bonds. The summed E-state index contributed by atoms with van der Waals surface area (Å²) in [5.41, 5.74) is 2.23. The van der Waals surface area contributed by atoms with Crippen molar-refractivity contribution in [1.29, 1.82) is 0 Å². The molecule has 5 heteroatoms. The first kappa shape index (κ1) is 14.7. The van der Waals surface area contributed by atoms with E-state index in [-0.39, 0.29) is 22.8 Å². The van der Waals surface area contributed by atoms with Crippen molar-refractivity contribution in [1.82, 2.24) is 4.90 Å². The Bertz CT molecular complexity index is 701. The van der Waals surface area contributed by atoms with Crippen molar-refractivity contribution >= 4 is 11.6 Å². The van der Waals surface area contributed by atoms with Gasteiger partial charge in [-0.3, -0.25) is 4.79 Å². The van der Waals surface area contributed by atoms with Crippen molar-refractivity contribution in [3.63, 3.8) is 0 Å². The van der Waals surface area contributed by atoms with Gasteiger partial charge in [0, 0.05) is 17.8 Å². The monoisotopic (exact) mass is 314 g/mol. The standard InChI is InChI=1S/C18H22N2O3/c1-17(2)11-7-8-18(17,3)15(9-11)20-10-13-12(16(20)21)5-4-6-14(13)19-23-22/h4-6,10-11,15,22H,7-9H2,1-3H3/b19-14+/t11-,15+,18-/m1/s1. The number of allylic oxidation sites excluding steroid dienone is 3. The first-order valence-corrected chi connectivity index (χ1v) is 8.22. The molecule has 0 aromatic heterocycles. The molecule has 2 fully saturated rings. The number of nitrogens with zero attached hydrogens (tertiary/aromatic N) is 2. The van der Waals surface area contributed by atoms with Gasteiger partial charge in [-0.05, 0) is 53.3 Å². The number of hydrogen-bond donors (Lipinski definition) is 1. The molecule has 0 aromatic carbocycles. The van der Waals surface area contributed by atoms with Crippen LogP contribution in [0.25, 0.3) is 0 Å². The molecule has 1 heterocycles. The van der Waals surface area contributed by atoms with Gasteiger partial charge in [0.15, 0.2) is 0 Å². The van der Waals surface area contributed by atoms with Crippen molar-refractivity contribution in [3.8, 4) is 0 Å². The van der Waals surface area contributed by atoms with Gasteiger partial charge < -0.3 is 4.90 Å². The smallest absolute Gasteiger partial charge is 0.258 e. The lowest BCUT2D eigenvalue weighted by Crippen LogP contribution is -2.46. The molecular formula is C18H22N2O3. The van der Waals surface area contributed by atoms with Crippen LogP contribution in [-0.2, 0) is 9.78 Å². The molecule has 3 atom stereocenters. The van der Waals surface area contributed by atoms with Gasteiger partial charge >= 0.3 is 0 Å². The van der Waals surface area contributed by atoms with Crippen molar-refractivity contribution in [2.45, 2.75) is 46.1 Å². The summed E-state index contributed by atoms with van der Waals surface area (Å²) in [5.74, 6) is 0.705. The largest absolute Gasteiger partial charge is 0.311 e. The van der Waals surface area contributed by atoms with Gasteiger partial charge in [-0.1, -0.05) is 26.8 Å². The van der Waals surface area contributed by atoms with E-state index in [0.717, 1.165) is 12.0 Å². The lowest BCUT2D eigenvalue weighted by atomic mass is 9.69. The van der Waals surface area contributed by atoms with Crippen molar-refractivity contribution in [3.05, 3.63) is 35.6 Å². The third kappa shape index (κ3) is 1.71. The van der Waals surface area contributed by atoms with Gasteiger partial charge in [-0.2, -0.15) is 5.26 Å². The maximum Gasteiger partial charge on any atom is 0.258 e. The molecule has 23 heavy (non-hydrogen) atoms. The van der Waals surface area contributed by atoms with Crippen LogP contribution in [0.1, 0.15) is 40.0 Å². The second-order valence-corrected chi connectivity index (χ2v) is 7.88. The number of rotatable bonds is 2. The van der Waals surface area contributed by atoms with Crippen LogP contribution in [0.3, 0.4) is 0 Å². The molecule has 4 aliphatic rings. The molecule has 2 bridgehead atoms. The predicted molar refractivity (Wildman–Crippen MR) is 86.3 cm³/mol. The second-order valence-electron chi connectivity index (χ2n) is 7.88. The molecule has 0 unspecified atom stereocenters. The fourth-order valence-corrected chi connectivity index (χ4v) is 5.15. The zero-order valence-electron chi connectivity index (χ0n) is 13.7.